The van der Waals surface area contributed by atoms with E-state index in [0.29, 0.717) is 41.6 Å². The number of hydrogen-bond acceptors (Lipinski definition) is 6. The predicted octanol–water partition coefficient (Wildman–Crippen LogP) is 5.85. The molecular weight excluding hydrogens is 528 g/mol. The van der Waals surface area contributed by atoms with E-state index in [1.54, 1.807) is 0 Å². The molecule has 5 aliphatic carbocycles. The zero-order valence-electron chi connectivity index (χ0n) is 27.3. The molecule has 42 heavy (non-hydrogen) atoms. The van der Waals surface area contributed by atoms with Gasteiger partial charge in [-0.1, -0.05) is 46.8 Å². The third kappa shape index (κ3) is 4.31. The lowest BCUT2D eigenvalue weighted by Crippen LogP contribution is -2.66. The molecule has 0 spiro atoms. The quantitative estimate of drug-likeness (QED) is 0.301. The first-order valence-electron chi connectivity index (χ1n) is 17.2. The summed E-state index contributed by atoms with van der Waals surface area (Å²) in [6.45, 7) is 19.9. The Kier molecular flexibility index (Phi) is 7.89. The van der Waals surface area contributed by atoms with E-state index < -0.39 is 24.6 Å². The Labute approximate surface area is 254 Å². The first kappa shape index (κ1) is 31.5. The smallest absolute Gasteiger partial charge is 0.186 e. The number of aliphatic hydroxyl groups excluding tert-OH is 4. The van der Waals surface area contributed by atoms with Crippen LogP contribution in [-0.4, -0.2) is 64.3 Å². The summed E-state index contributed by atoms with van der Waals surface area (Å²) in [5.41, 5.74) is 2.37. The van der Waals surface area contributed by atoms with Crippen LogP contribution >= 0.6 is 0 Å². The number of hydrogen-bond donors (Lipinski definition) is 4. The van der Waals surface area contributed by atoms with E-state index in [-0.39, 0.29) is 34.4 Å². The van der Waals surface area contributed by atoms with Crippen LogP contribution in [0.4, 0.5) is 0 Å². The second kappa shape index (κ2) is 10.5. The molecule has 6 heteroatoms. The molecule has 0 unspecified atom stereocenters. The van der Waals surface area contributed by atoms with Gasteiger partial charge in [0.1, 0.15) is 18.3 Å². The highest BCUT2D eigenvalue weighted by Crippen LogP contribution is 2.77. The van der Waals surface area contributed by atoms with Crippen LogP contribution in [-0.2, 0) is 9.47 Å². The van der Waals surface area contributed by atoms with Gasteiger partial charge in [0, 0.05) is 0 Å². The fraction of sp³-hybridized carbons (Fsp3) is 0.944. The van der Waals surface area contributed by atoms with Crippen molar-refractivity contribution in [2.24, 2.45) is 56.7 Å². The second-order valence-electron chi connectivity index (χ2n) is 17.3. The molecule has 6 fully saturated rings. The molecule has 0 aromatic carbocycles. The molecule has 6 nitrogen and oxygen atoms in total. The Bertz CT molecular complexity index is 1040. The third-order valence-corrected chi connectivity index (χ3v) is 15.6. The lowest BCUT2D eigenvalue weighted by atomic mass is 9.32. The molecule has 4 N–H and O–H groups in total. The topological polar surface area (TPSA) is 99.4 Å². The molecule has 0 radical (unpaired) electrons. The van der Waals surface area contributed by atoms with Gasteiger partial charge in [0.05, 0.1) is 19.3 Å². The van der Waals surface area contributed by atoms with Gasteiger partial charge in [0.15, 0.2) is 6.29 Å². The summed E-state index contributed by atoms with van der Waals surface area (Å²) in [5.74, 6) is 3.07. The van der Waals surface area contributed by atoms with Crippen LogP contribution in [0.2, 0.25) is 0 Å². The maximum absolute atomic E-state index is 11.0. The fourth-order valence-electron chi connectivity index (χ4n) is 13.0. The highest BCUT2D eigenvalue weighted by atomic mass is 16.7. The largest absolute Gasteiger partial charge is 0.393 e. The van der Waals surface area contributed by atoms with Crippen molar-refractivity contribution in [3.05, 3.63) is 12.2 Å². The lowest BCUT2D eigenvalue weighted by molar-refractivity contribution is -0.274. The van der Waals surface area contributed by atoms with Crippen molar-refractivity contribution in [3.8, 4) is 0 Å². The second-order valence-corrected chi connectivity index (χ2v) is 17.3. The van der Waals surface area contributed by atoms with E-state index >= 15 is 0 Å². The number of fused-ring (bicyclic) bond motifs is 7. The first-order chi connectivity index (χ1) is 19.6. The third-order valence-electron chi connectivity index (χ3n) is 15.6. The van der Waals surface area contributed by atoms with Gasteiger partial charge in [-0.15, -0.1) is 0 Å². The van der Waals surface area contributed by atoms with E-state index in [1.807, 2.05) is 0 Å². The van der Waals surface area contributed by atoms with Crippen LogP contribution < -0.4 is 0 Å². The van der Waals surface area contributed by atoms with Crippen molar-refractivity contribution in [1.82, 2.24) is 0 Å². The van der Waals surface area contributed by atoms with Crippen LogP contribution in [0.5, 0.6) is 0 Å². The van der Waals surface area contributed by atoms with Crippen LogP contribution in [0.1, 0.15) is 112 Å². The van der Waals surface area contributed by atoms with E-state index in [1.165, 1.54) is 56.9 Å². The van der Waals surface area contributed by atoms with Crippen molar-refractivity contribution in [2.45, 2.75) is 143 Å². The molecule has 1 saturated heterocycles. The van der Waals surface area contributed by atoms with Crippen LogP contribution in [0.15, 0.2) is 12.2 Å². The van der Waals surface area contributed by atoms with Gasteiger partial charge < -0.3 is 29.9 Å². The molecule has 0 bridgehead atoms. The molecule has 240 valence electrons. The van der Waals surface area contributed by atoms with E-state index in [2.05, 4.69) is 48.1 Å². The normalized spacial score (nSPS) is 55.2. The molecule has 6 aliphatic rings. The van der Waals surface area contributed by atoms with Crippen LogP contribution in [0, 0.1) is 56.7 Å². The van der Waals surface area contributed by atoms with Crippen LogP contribution in [0.25, 0.3) is 0 Å². The maximum atomic E-state index is 11.0. The number of allylic oxidation sites excluding steroid dienone is 1. The molecule has 0 aromatic rings. The van der Waals surface area contributed by atoms with Crippen molar-refractivity contribution >= 4 is 0 Å². The van der Waals surface area contributed by atoms with Gasteiger partial charge in [-0.3, -0.25) is 0 Å². The predicted molar refractivity (Wildman–Crippen MR) is 163 cm³/mol. The monoisotopic (exact) mass is 588 g/mol. The first-order valence-corrected chi connectivity index (χ1v) is 17.2. The highest BCUT2D eigenvalue weighted by molar-refractivity contribution is 5.21. The van der Waals surface area contributed by atoms with Gasteiger partial charge >= 0.3 is 0 Å². The van der Waals surface area contributed by atoms with Gasteiger partial charge in [-0.25, -0.2) is 0 Å². The summed E-state index contributed by atoms with van der Waals surface area (Å²) >= 11 is 0. The van der Waals surface area contributed by atoms with Crippen molar-refractivity contribution < 1.29 is 29.9 Å². The Hall–Kier alpha value is -0.500. The number of ether oxygens (including phenoxy) is 2. The summed E-state index contributed by atoms with van der Waals surface area (Å²) in [4.78, 5) is 0. The molecule has 1 heterocycles. The van der Waals surface area contributed by atoms with Crippen LogP contribution in [0.3, 0.4) is 0 Å². The lowest BCUT2D eigenvalue weighted by Gasteiger charge is -2.73. The summed E-state index contributed by atoms with van der Waals surface area (Å²) < 4.78 is 11.7. The summed E-state index contributed by atoms with van der Waals surface area (Å²) in [7, 11) is 0. The highest BCUT2D eigenvalue weighted by Gasteiger charge is 2.70. The number of rotatable bonds is 5. The van der Waals surface area contributed by atoms with Crippen molar-refractivity contribution in [1.29, 1.82) is 0 Å². The van der Waals surface area contributed by atoms with Gasteiger partial charge in [0.2, 0.25) is 0 Å². The number of aliphatic hydroxyl groups is 4. The molecule has 1 aliphatic heterocycles. The Morgan fingerprint density at radius 3 is 2.26 bits per heavy atom. The molecule has 6 rings (SSSR count). The minimum absolute atomic E-state index is 0.0198. The zero-order chi connectivity index (χ0) is 30.5. The van der Waals surface area contributed by atoms with Crippen molar-refractivity contribution in [3.63, 3.8) is 0 Å². The van der Waals surface area contributed by atoms with Gasteiger partial charge in [-0.05, 0) is 134 Å². The molecule has 0 amide bonds. The minimum Gasteiger partial charge on any atom is -0.393 e. The van der Waals surface area contributed by atoms with E-state index in [9.17, 15) is 20.4 Å². The summed E-state index contributed by atoms with van der Waals surface area (Å²) in [5, 5.41) is 41.4. The molecule has 0 aromatic heterocycles. The summed E-state index contributed by atoms with van der Waals surface area (Å²) in [6, 6.07) is 0. The Balaban J connectivity index is 1.26. The van der Waals surface area contributed by atoms with Gasteiger partial charge in [-0.2, -0.15) is 0 Å². The molecule has 5 saturated carbocycles. The van der Waals surface area contributed by atoms with E-state index in [4.69, 9.17) is 9.47 Å². The average Bonchev–Trinajstić information content (AvgIpc) is 3.31. The maximum Gasteiger partial charge on any atom is 0.186 e. The minimum atomic E-state index is -1.24. The Morgan fingerprint density at radius 2 is 1.55 bits per heavy atom. The molecular formula is C36H60O6. The standard InChI is InChI=1S/C36H60O6/c1-21(2)22-10-15-36(18-19-41-31-30(40)29(39)24(37)20-42-31)17-16-34(6)23(28(22)36)8-9-26-33(5)13-12-27(38)32(3,4)25(33)11-14-35(26,34)7/h22-31,37-40H,1,8-20H2,2-7H3/t22-,23+,24+,25-,26+,27-,28+,29+,30-,31-,33-,34+,35+,36+/m0/s1. The average molecular weight is 589 g/mol. The molecule has 14 atom stereocenters. The van der Waals surface area contributed by atoms with Gasteiger partial charge in [0.25, 0.3) is 0 Å². The zero-order valence-corrected chi connectivity index (χ0v) is 27.3. The Morgan fingerprint density at radius 1 is 0.810 bits per heavy atom. The SMILES string of the molecule is C=C(C)[C@@H]1CC[C@]2(CCO[C@H]3OC[C@@H](O)[C@@H](O)[C@@H]3O)CC[C@]3(C)[C@H](CC[C@@H]4[C@@]5(C)CC[C@H](O)C(C)(C)[C@@H]5CC[C@]43C)[C@@H]12. The van der Waals surface area contributed by atoms with E-state index in [0.717, 1.165) is 19.3 Å². The van der Waals surface area contributed by atoms with Crippen molar-refractivity contribution in [2.75, 3.05) is 13.2 Å². The fourth-order valence-corrected chi connectivity index (χ4v) is 13.0. The summed E-state index contributed by atoms with van der Waals surface area (Å²) in [6.07, 6.45) is 8.34.